The van der Waals surface area contributed by atoms with Crippen LogP contribution in [0.25, 0.3) is 11.0 Å². The van der Waals surface area contributed by atoms with E-state index in [1.165, 1.54) is 16.9 Å². The highest BCUT2D eigenvalue weighted by atomic mass is 19.1. The summed E-state index contributed by atoms with van der Waals surface area (Å²) in [4.78, 5) is 7.52. The minimum absolute atomic E-state index is 0.194. The van der Waals surface area contributed by atoms with Crippen LogP contribution >= 0.6 is 0 Å². The van der Waals surface area contributed by atoms with Gasteiger partial charge in [-0.15, -0.1) is 5.10 Å². The second kappa shape index (κ2) is 7.53. The summed E-state index contributed by atoms with van der Waals surface area (Å²) in [6, 6.07) is 5.38. The second-order valence-corrected chi connectivity index (χ2v) is 6.74. The Balaban J connectivity index is 1.68. The van der Waals surface area contributed by atoms with Gasteiger partial charge in [0.25, 0.3) is 5.95 Å². The molecule has 4 aromatic rings. The van der Waals surface area contributed by atoms with Crippen LogP contribution in [-0.2, 0) is 26.7 Å². The van der Waals surface area contributed by atoms with Gasteiger partial charge < -0.3 is 4.90 Å². The number of benzene rings is 1. The first kappa shape index (κ1) is 18.9. The van der Waals surface area contributed by atoms with Crippen molar-refractivity contribution < 1.29 is 8.78 Å². The molecule has 0 aliphatic heterocycles. The third-order valence-corrected chi connectivity index (χ3v) is 4.51. The predicted octanol–water partition coefficient (Wildman–Crippen LogP) is 2.57. The van der Waals surface area contributed by atoms with Crippen LogP contribution in [0.4, 0.5) is 14.7 Å². The fraction of sp³-hybridized carbons (Fsp3) is 0.316. The van der Waals surface area contributed by atoms with Crippen LogP contribution in [0.1, 0.15) is 23.7 Å². The van der Waals surface area contributed by atoms with Crippen molar-refractivity contribution >= 4 is 17.0 Å². The number of aromatic nitrogens is 7. The fourth-order valence-electron chi connectivity index (χ4n) is 3.23. The monoisotopic (exact) mass is 397 g/mol. The molecule has 0 unspecified atom stereocenters. The molecule has 0 bridgehead atoms. The lowest BCUT2D eigenvalue weighted by Crippen LogP contribution is -2.24. The van der Waals surface area contributed by atoms with Gasteiger partial charge in [-0.2, -0.15) is 9.90 Å². The van der Waals surface area contributed by atoms with E-state index in [0.29, 0.717) is 24.6 Å². The van der Waals surface area contributed by atoms with E-state index in [9.17, 15) is 8.78 Å². The third kappa shape index (κ3) is 3.91. The maximum absolute atomic E-state index is 13.6. The summed E-state index contributed by atoms with van der Waals surface area (Å²) >= 11 is 0. The Labute approximate surface area is 165 Å². The van der Waals surface area contributed by atoms with Crippen molar-refractivity contribution in [3.05, 3.63) is 58.9 Å². The summed E-state index contributed by atoms with van der Waals surface area (Å²) in [5.74, 6) is -0.930. The molecule has 0 fully saturated rings. The predicted molar refractivity (Wildman–Crippen MR) is 102 cm³/mol. The summed E-state index contributed by atoms with van der Waals surface area (Å²) in [5, 5.41) is 17.5. The van der Waals surface area contributed by atoms with Crippen LogP contribution in [0.3, 0.4) is 0 Å². The lowest BCUT2D eigenvalue weighted by Gasteiger charge is -2.20. The summed E-state index contributed by atoms with van der Waals surface area (Å²) in [7, 11) is 1.65. The zero-order valence-electron chi connectivity index (χ0n) is 16.3. The quantitative estimate of drug-likeness (QED) is 0.498. The van der Waals surface area contributed by atoms with Gasteiger partial charge >= 0.3 is 0 Å². The van der Waals surface area contributed by atoms with Crippen LogP contribution in [0, 0.1) is 24.8 Å². The van der Waals surface area contributed by atoms with Crippen LogP contribution in [-0.4, -0.2) is 35.0 Å². The number of anilines is 1. The Hall–Kier alpha value is -3.43. The number of nitrogens with zero attached hydrogens (tertiary/aromatic N) is 8. The minimum Gasteiger partial charge on any atom is -0.329 e. The normalized spacial score (nSPS) is 11.3. The van der Waals surface area contributed by atoms with E-state index < -0.39 is 11.6 Å². The van der Waals surface area contributed by atoms with E-state index >= 15 is 0 Å². The van der Waals surface area contributed by atoms with Gasteiger partial charge in [-0.1, -0.05) is 5.10 Å². The van der Waals surface area contributed by atoms with Crippen LogP contribution < -0.4 is 4.90 Å². The number of aryl methyl sites for hydroxylation is 3. The van der Waals surface area contributed by atoms with Gasteiger partial charge in [0.2, 0.25) is 0 Å². The molecule has 0 atom stereocenters. The number of fused-ring (bicyclic) bond motifs is 1. The second-order valence-electron chi connectivity index (χ2n) is 6.74. The first-order valence-electron chi connectivity index (χ1n) is 9.11. The molecule has 0 saturated carbocycles. The lowest BCUT2D eigenvalue weighted by molar-refractivity contribution is 0.578. The Kier molecular flexibility index (Phi) is 4.91. The number of hydrogen-bond acceptors (Lipinski definition) is 6. The summed E-state index contributed by atoms with van der Waals surface area (Å²) < 4.78 is 29.1. The highest BCUT2D eigenvalue weighted by Crippen LogP contribution is 2.21. The SMILES string of the molecule is CCn1nc(C)c2cc(CN(Cc3cc(F)cc(F)c3)c3nnn(C)n3)[c]nc21. The molecule has 8 nitrogen and oxygen atoms in total. The number of hydrogen-bond donors (Lipinski definition) is 0. The van der Waals surface area contributed by atoms with Crippen molar-refractivity contribution in [2.75, 3.05) is 4.90 Å². The Morgan fingerprint density at radius 2 is 1.83 bits per heavy atom. The molecule has 0 amide bonds. The molecule has 149 valence electrons. The number of halogens is 2. The molecular weight excluding hydrogens is 378 g/mol. The molecule has 0 saturated heterocycles. The van der Waals surface area contributed by atoms with Gasteiger partial charge in [-0.3, -0.25) is 0 Å². The molecule has 3 heterocycles. The summed E-state index contributed by atoms with van der Waals surface area (Å²) in [6.07, 6.45) is 3.03. The average Bonchev–Trinajstić information content (AvgIpc) is 3.24. The van der Waals surface area contributed by atoms with Gasteiger partial charge in [0.05, 0.1) is 18.9 Å². The number of rotatable bonds is 6. The Bertz CT molecular complexity index is 1150. The molecule has 0 aliphatic carbocycles. The average molecular weight is 397 g/mol. The van der Waals surface area contributed by atoms with Crippen LogP contribution in [0.5, 0.6) is 0 Å². The number of pyridine rings is 1. The van der Waals surface area contributed by atoms with Gasteiger partial charge in [0.1, 0.15) is 11.6 Å². The highest BCUT2D eigenvalue weighted by molar-refractivity contribution is 5.78. The van der Waals surface area contributed by atoms with Crippen molar-refractivity contribution in [1.29, 1.82) is 0 Å². The lowest BCUT2D eigenvalue weighted by atomic mass is 10.1. The largest absolute Gasteiger partial charge is 0.329 e. The van der Waals surface area contributed by atoms with Crippen molar-refractivity contribution in [1.82, 2.24) is 35.0 Å². The summed E-state index contributed by atoms with van der Waals surface area (Å²) in [5.41, 5.74) is 2.88. The molecule has 3 aromatic heterocycles. The molecule has 0 spiro atoms. The van der Waals surface area contributed by atoms with E-state index in [-0.39, 0.29) is 6.54 Å². The first-order valence-corrected chi connectivity index (χ1v) is 9.11. The van der Waals surface area contributed by atoms with E-state index in [1.807, 2.05) is 24.6 Å². The molecule has 0 N–H and O–H groups in total. The van der Waals surface area contributed by atoms with Crippen molar-refractivity contribution in [3.63, 3.8) is 0 Å². The fourth-order valence-corrected chi connectivity index (χ4v) is 3.23. The van der Waals surface area contributed by atoms with Crippen molar-refractivity contribution in [2.24, 2.45) is 7.05 Å². The summed E-state index contributed by atoms with van der Waals surface area (Å²) in [6.45, 7) is 5.17. The molecule has 1 aromatic carbocycles. The van der Waals surface area contributed by atoms with Gasteiger partial charge in [0.15, 0.2) is 5.65 Å². The van der Waals surface area contributed by atoms with Crippen LogP contribution in [0.2, 0.25) is 0 Å². The number of tetrazole rings is 1. The minimum atomic E-state index is -0.635. The Morgan fingerprint density at radius 3 is 2.48 bits per heavy atom. The molecule has 29 heavy (non-hydrogen) atoms. The van der Waals surface area contributed by atoms with E-state index in [1.54, 1.807) is 11.9 Å². The molecule has 0 aliphatic rings. The standard InChI is InChI=1S/C19H19F2N8/c1-4-29-18-17(12(2)24-29)7-14(9-22-18)11-28(19-23-26-27(3)25-19)10-13-5-15(20)8-16(21)6-13/h5-8H,4,10-11H2,1-3H3. The highest BCUT2D eigenvalue weighted by Gasteiger charge is 2.17. The maximum Gasteiger partial charge on any atom is 0.266 e. The Morgan fingerprint density at radius 1 is 1.07 bits per heavy atom. The van der Waals surface area contributed by atoms with Crippen molar-refractivity contribution in [2.45, 2.75) is 33.5 Å². The van der Waals surface area contributed by atoms with Crippen LogP contribution in [0.15, 0.2) is 24.3 Å². The smallest absolute Gasteiger partial charge is 0.266 e. The molecule has 4 rings (SSSR count). The zero-order valence-corrected chi connectivity index (χ0v) is 16.3. The van der Waals surface area contributed by atoms with Gasteiger partial charge in [-0.05, 0) is 42.8 Å². The van der Waals surface area contributed by atoms with E-state index in [4.69, 9.17) is 0 Å². The maximum atomic E-state index is 13.6. The van der Waals surface area contributed by atoms with E-state index in [0.717, 1.165) is 28.4 Å². The third-order valence-electron chi connectivity index (χ3n) is 4.51. The van der Waals surface area contributed by atoms with Gasteiger partial charge in [-0.25, -0.2) is 18.4 Å². The molecule has 10 heteroatoms. The first-order chi connectivity index (χ1) is 13.9. The topological polar surface area (TPSA) is 77.5 Å². The zero-order chi connectivity index (χ0) is 20.5. The molecule has 1 radical (unpaired) electrons. The van der Waals surface area contributed by atoms with Gasteiger partial charge in [0, 0.05) is 36.7 Å². The van der Waals surface area contributed by atoms with Crippen molar-refractivity contribution in [3.8, 4) is 0 Å². The molecular formula is C19H19F2N8. The van der Waals surface area contributed by atoms with E-state index in [2.05, 4.69) is 31.7 Å².